The molecule has 3 aromatic rings. The number of carbonyl (C=O) groups is 1. The van der Waals surface area contributed by atoms with Gasteiger partial charge >= 0.3 is 0 Å². The summed E-state index contributed by atoms with van der Waals surface area (Å²) in [6.45, 7) is 0. The van der Waals surface area contributed by atoms with Gasteiger partial charge in [0.25, 0.3) is 15.9 Å². The second-order valence-corrected chi connectivity index (χ2v) is 8.43. The van der Waals surface area contributed by atoms with Crippen LogP contribution in [-0.2, 0) is 10.0 Å². The summed E-state index contributed by atoms with van der Waals surface area (Å²) in [6.07, 6.45) is 4.99. The van der Waals surface area contributed by atoms with Crippen molar-refractivity contribution in [3.8, 4) is 0 Å². The second-order valence-electron chi connectivity index (χ2n) is 5.57. The Morgan fingerprint density at radius 2 is 1.71 bits per heavy atom. The van der Waals surface area contributed by atoms with Crippen LogP contribution in [0, 0.1) is 0 Å². The average Bonchev–Trinajstić information content (AvgIpc) is 3.24. The van der Waals surface area contributed by atoms with Crippen molar-refractivity contribution in [2.75, 3.05) is 4.72 Å². The molecule has 1 aromatic heterocycles. The lowest BCUT2D eigenvalue weighted by molar-refractivity contribution is 0.0956. The number of sulfonamides is 1. The molecule has 2 aromatic carbocycles. The van der Waals surface area contributed by atoms with E-state index in [2.05, 4.69) is 15.2 Å². The normalized spacial score (nSPS) is 11.7. The van der Waals surface area contributed by atoms with Gasteiger partial charge in [-0.05, 0) is 35.2 Å². The van der Waals surface area contributed by atoms with Crippen LogP contribution >= 0.6 is 11.3 Å². The van der Waals surface area contributed by atoms with Crippen molar-refractivity contribution in [1.82, 2.24) is 5.43 Å². The van der Waals surface area contributed by atoms with Gasteiger partial charge in [-0.1, -0.05) is 54.6 Å². The summed E-state index contributed by atoms with van der Waals surface area (Å²) in [5.74, 6) is -0.520. The summed E-state index contributed by atoms with van der Waals surface area (Å²) in [7, 11) is -3.75. The highest BCUT2D eigenvalue weighted by Gasteiger charge is 2.19. The molecular formula is C20H17N3O3S2. The molecule has 0 aliphatic carbocycles. The van der Waals surface area contributed by atoms with Crippen molar-refractivity contribution in [3.05, 3.63) is 89.3 Å². The summed E-state index contributed by atoms with van der Waals surface area (Å²) in [4.78, 5) is 12.4. The molecule has 0 aliphatic rings. The zero-order valence-electron chi connectivity index (χ0n) is 14.6. The average molecular weight is 412 g/mol. The Hall–Kier alpha value is -3.23. The SMILES string of the molecule is O=C(N/N=C\C=C\c1ccccc1)c1ccccc1NS(=O)(=O)c1cccs1. The fourth-order valence-electron chi connectivity index (χ4n) is 2.30. The molecule has 142 valence electrons. The number of hydrogen-bond donors (Lipinski definition) is 2. The summed E-state index contributed by atoms with van der Waals surface area (Å²) in [5.41, 5.74) is 3.76. The predicted molar refractivity (Wildman–Crippen MR) is 113 cm³/mol. The van der Waals surface area contributed by atoms with Crippen molar-refractivity contribution >= 4 is 45.2 Å². The fourth-order valence-corrected chi connectivity index (χ4v) is 4.37. The molecule has 28 heavy (non-hydrogen) atoms. The van der Waals surface area contributed by atoms with Gasteiger partial charge in [-0.15, -0.1) is 11.3 Å². The Balaban J connectivity index is 1.67. The number of hydrogen-bond acceptors (Lipinski definition) is 5. The van der Waals surface area contributed by atoms with Crippen LogP contribution < -0.4 is 10.1 Å². The lowest BCUT2D eigenvalue weighted by atomic mass is 10.2. The second kappa shape index (κ2) is 9.12. The third kappa shape index (κ3) is 5.15. The molecule has 0 aliphatic heterocycles. The van der Waals surface area contributed by atoms with E-state index >= 15 is 0 Å². The molecule has 0 saturated carbocycles. The van der Waals surface area contributed by atoms with Gasteiger partial charge in [-0.2, -0.15) is 5.10 Å². The molecule has 0 saturated heterocycles. The number of amides is 1. The van der Waals surface area contributed by atoms with Crippen LogP contribution in [0.2, 0.25) is 0 Å². The molecule has 0 atom stereocenters. The highest BCUT2D eigenvalue weighted by Crippen LogP contribution is 2.22. The van der Waals surface area contributed by atoms with E-state index in [0.29, 0.717) is 0 Å². The summed E-state index contributed by atoms with van der Waals surface area (Å²) < 4.78 is 27.4. The number of hydrazone groups is 1. The maximum Gasteiger partial charge on any atom is 0.273 e. The third-order valence-electron chi connectivity index (χ3n) is 3.59. The number of thiophene rings is 1. The minimum Gasteiger partial charge on any atom is -0.278 e. The summed E-state index contributed by atoms with van der Waals surface area (Å²) in [6, 6.07) is 19.2. The Morgan fingerprint density at radius 1 is 0.964 bits per heavy atom. The first kappa shape index (κ1) is 19.5. The van der Waals surface area contributed by atoms with Gasteiger partial charge in [0.2, 0.25) is 0 Å². The Labute approximate surface area is 167 Å². The smallest absolute Gasteiger partial charge is 0.273 e. The minimum atomic E-state index is -3.75. The number of allylic oxidation sites excluding steroid dienone is 1. The van der Waals surface area contributed by atoms with Crippen LogP contribution in [-0.4, -0.2) is 20.5 Å². The number of benzene rings is 2. The third-order valence-corrected chi connectivity index (χ3v) is 6.35. The number of para-hydroxylation sites is 1. The zero-order chi connectivity index (χ0) is 19.8. The van der Waals surface area contributed by atoms with Crippen LogP contribution in [0.4, 0.5) is 5.69 Å². The molecule has 3 rings (SSSR count). The number of anilines is 1. The number of rotatable bonds is 7. The Kier molecular flexibility index (Phi) is 6.36. The molecule has 1 amide bonds. The molecule has 0 fully saturated rings. The van der Waals surface area contributed by atoms with Crippen LogP contribution in [0.1, 0.15) is 15.9 Å². The van der Waals surface area contributed by atoms with Gasteiger partial charge in [0.1, 0.15) is 4.21 Å². The molecule has 0 bridgehead atoms. The lowest BCUT2D eigenvalue weighted by Crippen LogP contribution is -2.21. The molecule has 6 nitrogen and oxygen atoms in total. The van der Waals surface area contributed by atoms with Gasteiger partial charge < -0.3 is 0 Å². The summed E-state index contributed by atoms with van der Waals surface area (Å²) >= 11 is 1.10. The molecule has 8 heteroatoms. The van der Waals surface area contributed by atoms with E-state index in [1.165, 1.54) is 24.4 Å². The van der Waals surface area contributed by atoms with E-state index in [-0.39, 0.29) is 15.5 Å². The van der Waals surface area contributed by atoms with E-state index in [1.54, 1.807) is 29.7 Å². The highest BCUT2D eigenvalue weighted by molar-refractivity contribution is 7.94. The van der Waals surface area contributed by atoms with E-state index in [4.69, 9.17) is 0 Å². The molecule has 1 heterocycles. The largest absolute Gasteiger partial charge is 0.278 e. The van der Waals surface area contributed by atoms with Crippen molar-refractivity contribution in [1.29, 1.82) is 0 Å². The van der Waals surface area contributed by atoms with Gasteiger partial charge in [0.05, 0.1) is 11.3 Å². The molecular weight excluding hydrogens is 394 g/mol. The standard InChI is InChI=1S/C20H17N3O3S2/c24-20(22-21-14-6-10-16-8-2-1-3-9-16)17-11-4-5-12-18(17)23-28(25,26)19-13-7-15-27-19/h1-15,23H,(H,22,24)/b10-6+,21-14-. The van der Waals surface area contributed by atoms with E-state index in [1.807, 2.05) is 36.4 Å². The molecule has 2 N–H and O–H groups in total. The zero-order valence-corrected chi connectivity index (χ0v) is 16.3. The Morgan fingerprint density at radius 3 is 2.46 bits per heavy atom. The molecule has 0 radical (unpaired) electrons. The van der Waals surface area contributed by atoms with Crippen molar-refractivity contribution in [3.63, 3.8) is 0 Å². The van der Waals surface area contributed by atoms with E-state index in [9.17, 15) is 13.2 Å². The van der Waals surface area contributed by atoms with Gasteiger partial charge in [-0.3, -0.25) is 9.52 Å². The highest BCUT2D eigenvalue weighted by atomic mass is 32.2. The van der Waals surface area contributed by atoms with Gasteiger partial charge in [-0.25, -0.2) is 13.8 Å². The van der Waals surface area contributed by atoms with Gasteiger partial charge in [0, 0.05) is 6.21 Å². The maximum atomic E-state index is 12.4. The monoisotopic (exact) mass is 411 g/mol. The van der Waals surface area contributed by atoms with Crippen LogP contribution in [0.5, 0.6) is 0 Å². The quantitative estimate of drug-likeness (QED) is 0.455. The first-order valence-corrected chi connectivity index (χ1v) is 10.6. The summed E-state index contributed by atoms with van der Waals surface area (Å²) in [5, 5.41) is 5.54. The molecule has 0 unspecified atom stereocenters. The van der Waals surface area contributed by atoms with E-state index in [0.717, 1.165) is 16.9 Å². The van der Waals surface area contributed by atoms with Crippen LogP contribution in [0.25, 0.3) is 6.08 Å². The Bertz CT molecular complexity index is 1090. The molecule has 0 spiro atoms. The number of nitrogens with zero attached hydrogens (tertiary/aromatic N) is 1. The van der Waals surface area contributed by atoms with Gasteiger partial charge in [0.15, 0.2) is 0 Å². The first-order valence-electron chi connectivity index (χ1n) is 8.27. The van der Waals surface area contributed by atoms with Crippen molar-refractivity contribution in [2.24, 2.45) is 5.10 Å². The van der Waals surface area contributed by atoms with E-state index < -0.39 is 15.9 Å². The van der Waals surface area contributed by atoms with Crippen LogP contribution in [0.3, 0.4) is 0 Å². The lowest BCUT2D eigenvalue weighted by Gasteiger charge is -2.10. The minimum absolute atomic E-state index is 0.173. The maximum absolute atomic E-state index is 12.4. The predicted octanol–water partition coefficient (Wildman–Crippen LogP) is 3.98. The first-order chi connectivity index (χ1) is 13.6. The van der Waals surface area contributed by atoms with Crippen molar-refractivity contribution < 1.29 is 13.2 Å². The topological polar surface area (TPSA) is 87.6 Å². The van der Waals surface area contributed by atoms with Crippen LogP contribution in [0.15, 0.2) is 87.5 Å². The fraction of sp³-hybridized carbons (Fsp3) is 0. The number of carbonyl (C=O) groups excluding carboxylic acids is 1. The van der Waals surface area contributed by atoms with Crippen molar-refractivity contribution in [2.45, 2.75) is 4.21 Å². The number of nitrogens with one attached hydrogen (secondary N) is 2.